The lowest BCUT2D eigenvalue weighted by atomic mass is 9.99. The number of benzene rings is 2. The molecule has 2 aliphatic heterocycles. The summed E-state index contributed by atoms with van der Waals surface area (Å²) >= 11 is 0. The van der Waals surface area contributed by atoms with Crippen molar-refractivity contribution in [2.75, 3.05) is 36.4 Å². The van der Waals surface area contributed by atoms with Crippen LogP contribution in [0.2, 0.25) is 0 Å². The predicted octanol–water partition coefficient (Wildman–Crippen LogP) is 4.94. The molecule has 2 aliphatic rings. The lowest BCUT2D eigenvalue weighted by Gasteiger charge is -2.41. The maximum absolute atomic E-state index is 12.7. The second-order valence-electron chi connectivity index (χ2n) is 8.73. The molecule has 0 atom stereocenters. The van der Waals surface area contributed by atoms with Crippen LogP contribution in [0.1, 0.15) is 42.5 Å². The Labute approximate surface area is 184 Å². The third-order valence-corrected chi connectivity index (χ3v) is 6.71. The molecule has 5 nitrogen and oxygen atoms in total. The predicted molar refractivity (Wildman–Crippen MR) is 127 cm³/mol. The molecule has 2 aromatic carbocycles. The number of hydrogen-bond acceptors (Lipinski definition) is 4. The topological polar surface area (TPSA) is 48.5 Å². The molecule has 5 heteroatoms. The fraction of sp³-hybridized carbons (Fsp3) is 0.385. The second kappa shape index (κ2) is 9.06. The minimum Gasteiger partial charge on any atom is -0.371 e. The summed E-state index contributed by atoms with van der Waals surface area (Å²) in [7, 11) is 0. The zero-order valence-corrected chi connectivity index (χ0v) is 18.0. The van der Waals surface area contributed by atoms with Gasteiger partial charge in [0.05, 0.1) is 17.4 Å². The van der Waals surface area contributed by atoms with Crippen LogP contribution >= 0.6 is 0 Å². The molecule has 3 aromatic rings. The fourth-order valence-electron chi connectivity index (χ4n) is 4.94. The molecule has 1 amide bonds. The first kappa shape index (κ1) is 20.0. The highest BCUT2D eigenvalue weighted by Crippen LogP contribution is 2.25. The van der Waals surface area contributed by atoms with Crippen LogP contribution in [0.25, 0.3) is 10.9 Å². The molecule has 1 N–H and O–H groups in total. The van der Waals surface area contributed by atoms with E-state index in [1.807, 2.05) is 42.5 Å². The van der Waals surface area contributed by atoms with E-state index in [9.17, 15) is 4.79 Å². The number of aromatic nitrogens is 1. The standard InChI is InChI=1S/C26H30N4O/c31-26(28-22-18-21-6-2-3-7-25(21)27-19-22)20-8-10-23(11-9-20)30-16-12-24(13-17-30)29-14-4-1-5-15-29/h2-3,6-11,18-19,24H,1,4-5,12-17H2,(H,28,31). The number of likely N-dealkylation sites (tertiary alicyclic amines) is 1. The largest absolute Gasteiger partial charge is 0.371 e. The molecule has 2 saturated heterocycles. The Morgan fingerprint density at radius 3 is 2.42 bits per heavy atom. The van der Waals surface area contributed by atoms with Gasteiger partial charge in [0.1, 0.15) is 0 Å². The van der Waals surface area contributed by atoms with E-state index in [2.05, 4.69) is 32.2 Å². The number of piperidine rings is 2. The Hall–Kier alpha value is -2.92. The lowest BCUT2D eigenvalue weighted by Crippen LogP contribution is -2.46. The fourth-order valence-corrected chi connectivity index (χ4v) is 4.94. The highest BCUT2D eigenvalue weighted by Gasteiger charge is 2.25. The minimum absolute atomic E-state index is 0.104. The van der Waals surface area contributed by atoms with Gasteiger partial charge in [-0.3, -0.25) is 9.78 Å². The van der Waals surface area contributed by atoms with E-state index in [1.54, 1.807) is 6.20 Å². The van der Waals surface area contributed by atoms with Gasteiger partial charge in [-0.15, -0.1) is 0 Å². The second-order valence-corrected chi connectivity index (χ2v) is 8.73. The van der Waals surface area contributed by atoms with Crippen molar-refractivity contribution < 1.29 is 4.79 Å². The van der Waals surface area contributed by atoms with Crippen molar-refractivity contribution >= 4 is 28.2 Å². The number of nitrogens with one attached hydrogen (secondary N) is 1. The van der Waals surface area contributed by atoms with Gasteiger partial charge in [0.2, 0.25) is 0 Å². The molecule has 31 heavy (non-hydrogen) atoms. The van der Waals surface area contributed by atoms with Crippen LogP contribution in [0.3, 0.4) is 0 Å². The van der Waals surface area contributed by atoms with Gasteiger partial charge in [0.25, 0.3) is 5.91 Å². The SMILES string of the molecule is O=C(Nc1cnc2ccccc2c1)c1ccc(N2CCC(N3CCCCC3)CC2)cc1. The zero-order chi connectivity index (χ0) is 21.0. The summed E-state index contributed by atoms with van der Waals surface area (Å²) in [6.45, 7) is 4.74. The van der Waals surface area contributed by atoms with Gasteiger partial charge in [-0.05, 0) is 75.2 Å². The van der Waals surface area contributed by atoms with E-state index < -0.39 is 0 Å². The first-order valence-electron chi connectivity index (χ1n) is 11.5. The Morgan fingerprint density at radius 1 is 0.903 bits per heavy atom. The van der Waals surface area contributed by atoms with Crippen LogP contribution in [0.15, 0.2) is 60.8 Å². The van der Waals surface area contributed by atoms with Crippen LogP contribution in [0.4, 0.5) is 11.4 Å². The molecule has 2 fully saturated rings. The van der Waals surface area contributed by atoms with E-state index in [-0.39, 0.29) is 5.91 Å². The first-order valence-corrected chi connectivity index (χ1v) is 11.5. The van der Waals surface area contributed by atoms with E-state index in [0.29, 0.717) is 11.3 Å². The Balaban J connectivity index is 1.19. The lowest BCUT2D eigenvalue weighted by molar-refractivity contribution is 0.102. The molecule has 0 saturated carbocycles. The van der Waals surface area contributed by atoms with Gasteiger partial charge in [0, 0.05) is 35.8 Å². The number of fused-ring (bicyclic) bond motifs is 1. The van der Waals surface area contributed by atoms with E-state index in [0.717, 1.165) is 30.0 Å². The monoisotopic (exact) mass is 414 g/mol. The number of nitrogens with zero attached hydrogens (tertiary/aromatic N) is 3. The number of para-hydroxylation sites is 1. The van der Waals surface area contributed by atoms with E-state index >= 15 is 0 Å². The summed E-state index contributed by atoms with van der Waals surface area (Å²) in [4.78, 5) is 22.3. The number of pyridine rings is 1. The molecule has 0 aliphatic carbocycles. The van der Waals surface area contributed by atoms with Gasteiger partial charge in [-0.25, -0.2) is 0 Å². The summed E-state index contributed by atoms with van der Waals surface area (Å²) in [5.74, 6) is -0.104. The average molecular weight is 415 g/mol. The molecule has 160 valence electrons. The average Bonchev–Trinajstić information content (AvgIpc) is 2.85. The first-order chi connectivity index (χ1) is 15.3. The van der Waals surface area contributed by atoms with Crippen molar-refractivity contribution in [3.8, 4) is 0 Å². The van der Waals surface area contributed by atoms with Gasteiger partial charge in [-0.1, -0.05) is 24.6 Å². The van der Waals surface area contributed by atoms with Crippen LogP contribution in [-0.4, -0.2) is 48.0 Å². The van der Waals surface area contributed by atoms with Gasteiger partial charge in [-0.2, -0.15) is 0 Å². The van der Waals surface area contributed by atoms with Crippen LogP contribution in [0.5, 0.6) is 0 Å². The third kappa shape index (κ3) is 4.57. The van der Waals surface area contributed by atoms with Gasteiger partial charge in [0.15, 0.2) is 0 Å². The molecule has 1 aromatic heterocycles. The van der Waals surface area contributed by atoms with Crippen molar-refractivity contribution in [3.63, 3.8) is 0 Å². The number of carbonyl (C=O) groups is 1. The number of carbonyl (C=O) groups excluding carboxylic acids is 1. The van der Waals surface area contributed by atoms with Gasteiger partial charge >= 0.3 is 0 Å². The highest BCUT2D eigenvalue weighted by molar-refractivity contribution is 6.05. The third-order valence-electron chi connectivity index (χ3n) is 6.71. The van der Waals surface area contributed by atoms with Crippen LogP contribution in [0, 0.1) is 0 Å². The zero-order valence-electron chi connectivity index (χ0n) is 18.0. The Morgan fingerprint density at radius 2 is 1.65 bits per heavy atom. The number of amides is 1. The number of rotatable bonds is 4. The molecule has 3 heterocycles. The number of hydrogen-bond donors (Lipinski definition) is 1. The molecule has 0 radical (unpaired) electrons. The Kier molecular flexibility index (Phi) is 5.85. The van der Waals surface area contributed by atoms with Crippen LogP contribution < -0.4 is 10.2 Å². The maximum Gasteiger partial charge on any atom is 0.255 e. The molecule has 0 spiro atoms. The summed E-state index contributed by atoms with van der Waals surface area (Å²) in [6.07, 6.45) is 8.29. The quantitative estimate of drug-likeness (QED) is 0.657. The molecule has 5 rings (SSSR count). The summed E-state index contributed by atoms with van der Waals surface area (Å²) in [6, 6.07) is 18.6. The van der Waals surface area contributed by atoms with Crippen molar-refractivity contribution in [3.05, 3.63) is 66.4 Å². The van der Waals surface area contributed by atoms with Crippen molar-refractivity contribution in [2.45, 2.75) is 38.1 Å². The highest BCUT2D eigenvalue weighted by atomic mass is 16.1. The molecular formula is C26H30N4O. The maximum atomic E-state index is 12.7. The van der Waals surface area contributed by atoms with Crippen molar-refractivity contribution in [1.29, 1.82) is 0 Å². The molecular weight excluding hydrogens is 384 g/mol. The minimum atomic E-state index is -0.104. The van der Waals surface area contributed by atoms with Crippen molar-refractivity contribution in [2.24, 2.45) is 0 Å². The molecule has 0 unspecified atom stereocenters. The van der Waals surface area contributed by atoms with Crippen molar-refractivity contribution in [1.82, 2.24) is 9.88 Å². The normalized spacial score (nSPS) is 18.3. The van der Waals surface area contributed by atoms with E-state index in [1.165, 1.54) is 50.9 Å². The van der Waals surface area contributed by atoms with E-state index in [4.69, 9.17) is 0 Å². The molecule has 0 bridgehead atoms. The Bertz CT molecular complexity index is 1030. The summed E-state index contributed by atoms with van der Waals surface area (Å²) in [5.41, 5.74) is 3.52. The summed E-state index contributed by atoms with van der Waals surface area (Å²) < 4.78 is 0. The van der Waals surface area contributed by atoms with Crippen LogP contribution in [-0.2, 0) is 0 Å². The smallest absolute Gasteiger partial charge is 0.255 e. The van der Waals surface area contributed by atoms with Gasteiger partial charge < -0.3 is 15.1 Å². The number of anilines is 2. The summed E-state index contributed by atoms with van der Waals surface area (Å²) in [5, 5.41) is 3.99.